The molecule has 0 saturated heterocycles. The highest BCUT2D eigenvalue weighted by Crippen LogP contribution is 2.28. The van der Waals surface area contributed by atoms with Crippen LogP contribution in [0.2, 0.25) is 5.15 Å². The van der Waals surface area contributed by atoms with Crippen molar-refractivity contribution in [3.05, 3.63) is 70.1 Å². The van der Waals surface area contributed by atoms with Crippen molar-refractivity contribution in [1.29, 1.82) is 0 Å². The van der Waals surface area contributed by atoms with Crippen molar-refractivity contribution >= 4 is 28.6 Å². The molecule has 7 nitrogen and oxygen atoms in total. The average Bonchev–Trinajstić information content (AvgIpc) is 3.02. The number of aryl methyl sites for hydroxylation is 2. The zero-order chi connectivity index (χ0) is 19.8. The molecule has 0 bridgehead atoms. The minimum absolute atomic E-state index is 0.195. The molecular formula is C19H13ClFN7. The standard InChI is InChI=1S/C19H13ClFN7/c1-10-16-19(25-11(2)24-10)28(9-12-4-5-15(20)26-17(12)22-3)18(27-16)13-6-14(21)8-23-7-13/h4-8H,9H2,1-2H3. The van der Waals surface area contributed by atoms with Gasteiger partial charge in [0.15, 0.2) is 5.65 Å². The minimum Gasteiger partial charge on any atom is -0.360 e. The molecule has 0 spiro atoms. The maximum atomic E-state index is 13.8. The summed E-state index contributed by atoms with van der Waals surface area (Å²) in [5.74, 6) is 0.802. The molecule has 28 heavy (non-hydrogen) atoms. The summed E-state index contributed by atoms with van der Waals surface area (Å²) in [6.45, 7) is 11.3. The van der Waals surface area contributed by atoms with Gasteiger partial charge in [-0.3, -0.25) is 4.98 Å². The molecule has 0 fully saturated rings. The Hall–Kier alpha value is -3.44. The van der Waals surface area contributed by atoms with Gasteiger partial charge in [0.05, 0.1) is 11.9 Å². The predicted octanol–water partition coefficient (Wildman–Crippen LogP) is 4.29. The fourth-order valence-electron chi connectivity index (χ4n) is 3.02. The molecule has 4 rings (SSSR count). The van der Waals surface area contributed by atoms with E-state index in [0.29, 0.717) is 39.6 Å². The van der Waals surface area contributed by atoms with Gasteiger partial charge in [-0.05, 0) is 43.1 Å². The van der Waals surface area contributed by atoms with Crippen molar-refractivity contribution in [2.24, 2.45) is 0 Å². The number of rotatable bonds is 3. The first-order valence-corrected chi connectivity index (χ1v) is 8.69. The Labute approximate surface area is 164 Å². The summed E-state index contributed by atoms with van der Waals surface area (Å²) < 4.78 is 15.6. The van der Waals surface area contributed by atoms with E-state index in [0.717, 1.165) is 6.20 Å². The van der Waals surface area contributed by atoms with Crippen LogP contribution < -0.4 is 0 Å². The summed E-state index contributed by atoms with van der Waals surface area (Å²) in [5.41, 5.74) is 3.07. The lowest BCUT2D eigenvalue weighted by Crippen LogP contribution is -2.05. The summed E-state index contributed by atoms with van der Waals surface area (Å²) >= 11 is 5.91. The molecule has 0 atom stereocenters. The van der Waals surface area contributed by atoms with Gasteiger partial charge in [-0.1, -0.05) is 12.6 Å². The zero-order valence-corrected chi connectivity index (χ0v) is 15.7. The molecular weight excluding hydrogens is 381 g/mol. The van der Waals surface area contributed by atoms with Crippen LogP contribution in [0, 0.1) is 26.2 Å². The number of pyridine rings is 2. The normalized spacial score (nSPS) is 11.0. The van der Waals surface area contributed by atoms with Gasteiger partial charge in [-0.2, -0.15) is 0 Å². The first-order chi connectivity index (χ1) is 13.5. The SMILES string of the molecule is [C-]#[N+]c1nc(Cl)ccc1Cn1c(-c2cncc(F)c2)nc2c(C)nc(C)nc21. The van der Waals surface area contributed by atoms with Gasteiger partial charge in [0, 0.05) is 18.3 Å². The van der Waals surface area contributed by atoms with Crippen LogP contribution in [-0.2, 0) is 6.54 Å². The van der Waals surface area contributed by atoms with E-state index in [1.165, 1.54) is 12.3 Å². The number of hydrogen-bond donors (Lipinski definition) is 0. The van der Waals surface area contributed by atoms with Gasteiger partial charge in [0.2, 0.25) is 5.15 Å². The van der Waals surface area contributed by atoms with Crippen molar-refractivity contribution in [2.75, 3.05) is 0 Å². The minimum atomic E-state index is -0.468. The maximum Gasteiger partial charge on any atom is 0.276 e. The quantitative estimate of drug-likeness (QED) is 0.383. The van der Waals surface area contributed by atoms with Crippen LogP contribution in [0.1, 0.15) is 17.1 Å². The Balaban J connectivity index is 1.98. The second-order valence-electron chi connectivity index (χ2n) is 6.17. The fourth-order valence-corrected chi connectivity index (χ4v) is 3.17. The van der Waals surface area contributed by atoms with Crippen molar-refractivity contribution in [3.63, 3.8) is 0 Å². The molecule has 0 aliphatic carbocycles. The predicted molar refractivity (Wildman–Crippen MR) is 103 cm³/mol. The van der Waals surface area contributed by atoms with Gasteiger partial charge in [0.25, 0.3) is 5.82 Å². The monoisotopic (exact) mass is 393 g/mol. The first-order valence-electron chi connectivity index (χ1n) is 8.31. The van der Waals surface area contributed by atoms with E-state index in [4.69, 9.17) is 18.2 Å². The van der Waals surface area contributed by atoms with Crippen LogP contribution in [0.4, 0.5) is 10.2 Å². The third-order valence-electron chi connectivity index (χ3n) is 4.20. The molecule has 0 N–H and O–H groups in total. The highest BCUT2D eigenvalue weighted by Gasteiger charge is 2.19. The molecule has 0 amide bonds. The number of nitrogens with zero attached hydrogens (tertiary/aromatic N) is 7. The Bertz CT molecular complexity index is 1260. The Morgan fingerprint density at radius 3 is 2.71 bits per heavy atom. The summed E-state index contributed by atoms with van der Waals surface area (Å²) in [6, 6.07) is 4.72. The van der Waals surface area contributed by atoms with Crippen LogP contribution in [0.15, 0.2) is 30.6 Å². The third kappa shape index (κ3) is 3.17. The average molecular weight is 394 g/mol. The number of fused-ring (bicyclic) bond motifs is 1. The maximum absolute atomic E-state index is 13.8. The van der Waals surface area contributed by atoms with E-state index in [1.807, 2.05) is 11.5 Å². The molecule has 0 aliphatic heterocycles. The Kier molecular flexibility index (Phi) is 4.45. The van der Waals surface area contributed by atoms with E-state index in [-0.39, 0.29) is 17.5 Å². The van der Waals surface area contributed by atoms with Crippen molar-refractivity contribution in [1.82, 2.24) is 29.5 Å². The van der Waals surface area contributed by atoms with E-state index in [1.54, 1.807) is 19.1 Å². The molecule has 138 valence electrons. The van der Waals surface area contributed by atoms with Crippen molar-refractivity contribution in [3.8, 4) is 11.4 Å². The van der Waals surface area contributed by atoms with Crippen LogP contribution in [0.5, 0.6) is 0 Å². The molecule has 0 aromatic carbocycles. The van der Waals surface area contributed by atoms with Crippen molar-refractivity contribution < 1.29 is 4.39 Å². The second-order valence-corrected chi connectivity index (χ2v) is 6.56. The number of aromatic nitrogens is 6. The summed E-state index contributed by atoms with van der Waals surface area (Å²) in [4.78, 5) is 25.0. The van der Waals surface area contributed by atoms with Gasteiger partial charge in [-0.15, -0.1) is 4.98 Å². The molecule has 4 heterocycles. The number of halogens is 2. The number of imidazole rings is 1. The zero-order valence-electron chi connectivity index (χ0n) is 15.0. The van der Waals surface area contributed by atoms with Gasteiger partial charge >= 0.3 is 0 Å². The van der Waals surface area contributed by atoms with E-state index in [2.05, 4.69) is 29.8 Å². The molecule has 4 aromatic rings. The van der Waals surface area contributed by atoms with Crippen LogP contribution in [-0.4, -0.2) is 29.5 Å². The molecule has 0 saturated carbocycles. The highest BCUT2D eigenvalue weighted by molar-refractivity contribution is 6.29. The number of hydrogen-bond acceptors (Lipinski definition) is 5. The van der Waals surface area contributed by atoms with Gasteiger partial charge < -0.3 is 9.41 Å². The van der Waals surface area contributed by atoms with Crippen LogP contribution >= 0.6 is 11.6 Å². The largest absolute Gasteiger partial charge is 0.360 e. The summed E-state index contributed by atoms with van der Waals surface area (Å²) in [7, 11) is 0. The lowest BCUT2D eigenvalue weighted by molar-refractivity contribution is 0.621. The second kappa shape index (κ2) is 6.94. The van der Waals surface area contributed by atoms with Gasteiger partial charge in [-0.25, -0.2) is 19.3 Å². The van der Waals surface area contributed by atoms with Crippen LogP contribution in [0.3, 0.4) is 0 Å². The van der Waals surface area contributed by atoms with Gasteiger partial charge in [0.1, 0.15) is 23.0 Å². The molecule has 0 aliphatic rings. The van der Waals surface area contributed by atoms with Crippen LogP contribution in [0.25, 0.3) is 27.4 Å². The van der Waals surface area contributed by atoms with E-state index in [9.17, 15) is 4.39 Å². The molecule has 9 heteroatoms. The smallest absolute Gasteiger partial charge is 0.276 e. The molecule has 0 radical (unpaired) electrons. The molecule has 4 aromatic heterocycles. The lowest BCUT2D eigenvalue weighted by atomic mass is 10.2. The van der Waals surface area contributed by atoms with E-state index < -0.39 is 5.82 Å². The Morgan fingerprint density at radius 1 is 1.14 bits per heavy atom. The lowest BCUT2D eigenvalue weighted by Gasteiger charge is -2.10. The van der Waals surface area contributed by atoms with E-state index >= 15 is 0 Å². The van der Waals surface area contributed by atoms with Crippen molar-refractivity contribution in [2.45, 2.75) is 20.4 Å². The topological polar surface area (TPSA) is 73.7 Å². The summed E-state index contributed by atoms with van der Waals surface area (Å²) in [5, 5.41) is 0.244. The summed E-state index contributed by atoms with van der Waals surface area (Å²) in [6.07, 6.45) is 2.66. The Morgan fingerprint density at radius 2 is 1.96 bits per heavy atom. The highest BCUT2D eigenvalue weighted by atomic mass is 35.5. The molecule has 0 unspecified atom stereocenters. The third-order valence-corrected chi connectivity index (χ3v) is 4.41. The first kappa shape index (κ1) is 17.9. The fraction of sp³-hybridized carbons (Fsp3) is 0.158.